The van der Waals surface area contributed by atoms with E-state index in [2.05, 4.69) is 0 Å². The predicted molar refractivity (Wildman–Crippen MR) is 48.8 cm³/mol. The molecular formula is C13H16. The van der Waals surface area contributed by atoms with Crippen molar-refractivity contribution < 1.29 is 0 Å². The van der Waals surface area contributed by atoms with Crippen molar-refractivity contribution in [3.63, 3.8) is 0 Å². The first-order valence-corrected chi connectivity index (χ1v) is 6.45. The van der Waals surface area contributed by atoms with Crippen molar-refractivity contribution in [3.05, 3.63) is 0 Å². The predicted octanol–water partition coefficient (Wildman–Crippen LogP) is 2.40. The van der Waals surface area contributed by atoms with E-state index in [-0.39, 0.29) is 0 Å². The normalized spacial score (nSPS) is 88.6. The average Bonchev–Trinajstić information content (AvgIpc) is 2.88. The average molecular weight is 172 g/mol. The zero-order chi connectivity index (χ0) is 7.89. The van der Waals surface area contributed by atoms with Gasteiger partial charge in [-0.15, -0.1) is 0 Å². The Morgan fingerprint density at radius 3 is 1.08 bits per heavy atom. The standard InChI is InChI=1S/C13H16/c1-4-7(1)11-12-8-2-5(8)10(4)6-3-9(6)13(11)12/h4-13H,1-3H2/t4-,5-,6+,7+,8+,9-,10?,11?,12?,13?/m1/s1. The third-order valence-electron chi connectivity index (χ3n) is 6.83. The van der Waals surface area contributed by atoms with Crippen molar-refractivity contribution in [1.29, 1.82) is 0 Å². The minimum absolute atomic E-state index is 1.27. The van der Waals surface area contributed by atoms with Crippen LogP contribution in [0.2, 0.25) is 0 Å². The lowest BCUT2D eigenvalue weighted by Gasteiger charge is -2.13. The summed E-state index contributed by atoms with van der Waals surface area (Å²) in [6, 6.07) is 0. The van der Waals surface area contributed by atoms with E-state index in [4.69, 9.17) is 0 Å². The Bertz CT molecular complexity index is 275. The Hall–Kier alpha value is 0. The quantitative estimate of drug-likeness (QED) is 0.526. The zero-order valence-electron chi connectivity index (χ0n) is 7.89. The maximum absolute atomic E-state index is 1.68. The second kappa shape index (κ2) is 1.33. The van der Waals surface area contributed by atoms with Crippen LogP contribution in [-0.4, -0.2) is 0 Å². The topological polar surface area (TPSA) is 0 Å². The van der Waals surface area contributed by atoms with Crippen LogP contribution in [-0.2, 0) is 0 Å². The third-order valence-corrected chi connectivity index (χ3v) is 6.83. The maximum atomic E-state index is 1.68. The number of rotatable bonds is 0. The van der Waals surface area contributed by atoms with E-state index in [1.807, 2.05) is 0 Å². The summed E-state index contributed by atoms with van der Waals surface area (Å²) in [6.45, 7) is 0. The molecule has 13 heavy (non-hydrogen) atoms. The molecule has 0 saturated heterocycles. The van der Waals surface area contributed by atoms with Gasteiger partial charge in [0.15, 0.2) is 0 Å². The van der Waals surface area contributed by atoms with Crippen LogP contribution in [0.5, 0.6) is 0 Å². The summed E-state index contributed by atoms with van der Waals surface area (Å²) < 4.78 is 0. The van der Waals surface area contributed by atoms with E-state index in [0.29, 0.717) is 0 Å². The summed E-state index contributed by atoms with van der Waals surface area (Å²) in [7, 11) is 0. The molecule has 7 aliphatic rings. The van der Waals surface area contributed by atoms with Gasteiger partial charge in [-0.1, -0.05) is 0 Å². The summed E-state index contributed by atoms with van der Waals surface area (Å²) >= 11 is 0. The molecular weight excluding hydrogens is 156 g/mol. The van der Waals surface area contributed by atoms with E-state index in [1.54, 1.807) is 19.3 Å². The molecule has 0 amide bonds. The molecule has 8 atom stereocenters. The van der Waals surface area contributed by atoms with Crippen LogP contribution in [0.1, 0.15) is 19.3 Å². The SMILES string of the molecule is C1[C@@H]2C3[C@@H]4C[C@@H]4C4C(C4[C@H]12)[C@H]1C[C@@H]31. The third kappa shape index (κ3) is 0.444. The minimum Gasteiger partial charge on any atom is -0.0465 e. The molecule has 4 bridgehead atoms. The molecule has 0 N–H and O–H groups in total. The Kier molecular flexibility index (Phi) is 0.593. The van der Waals surface area contributed by atoms with Crippen LogP contribution in [0.25, 0.3) is 0 Å². The van der Waals surface area contributed by atoms with Gasteiger partial charge in [-0.05, 0) is 78.4 Å². The molecule has 68 valence electrons. The molecule has 7 aliphatic carbocycles. The Balaban J connectivity index is 1.66. The van der Waals surface area contributed by atoms with E-state index < -0.39 is 0 Å². The van der Waals surface area contributed by atoms with Crippen molar-refractivity contribution in [2.75, 3.05) is 0 Å². The van der Waals surface area contributed by atoms with Gasteiger partial charge in [-0.3, -0.25) is 0 Å². The second-order valence-corrected chi connectivity index (χ2v) is 7.00. The Morgan fingerprint density at radius 2 is 0.692 bits per heavy atom. The summed E-state index contributed by atoms with van der Waals surface area (Å²) in [5.41, 5.74) is 0. The monoisotopic (exact) mass is 172 g/mol. The fraction of sp³-hybridized carbons (Fsp3) is 1.00. The molecule has 0 heterocycles. The molecule has 7 saturated carbocycles. The highest BCUT2D eigenvalue weighted by Gasteiger charge is 2.81. The molecule has 2 unspecified atom stereocenters. The van der Waals surface area contributed by atoms with Crippen LogP contribution in [0.3, 0.4) is 0 Å². The van der Waals surface area contributed by atoms with Gasteiger partial charge in [0.25, 0.3) is 0 Å². The van der Waals surface area contributed by atoms with Gasteiger partial charge in [0.05, 0.1) is 0 Å². The van der Waals surface area contributed by atoms with E-state index in [1.165, 1.54) is 59.2 Å². The van der Waals surface area contributed by atoms with Crippen molar-refractivity contribution in [1.82, 2.24) is 0 Å². The second-order valence-electron chi connectivity index (χ2n) is 7.00. The zero-order valence-corrected chi connectivity index (χ0v) is 7.89. The van der Waals surface area contributed by atoms with Crippen LogP contribution < -0.4 is 0 Å². The first kappa shape index (κ1) is 5.78. The molecule has 0 aromatic rings. The van der Waals surface area contributed by atoms with E-state index in [0.717, 1.165) is 0 Å². The van der Waals surface area contributed by atoms with Crippen molar-refractivity contribution >= 4 is 0 Å². The van der Waals surface area contributed by atoms with Crippen molar-refractivity contribution in [3.8, 4) is 0 Å². The highest BCUT2D eigenvalue weighted by atomic mass is 14.9. The van der Waals surface area contributed by atoms with Crippen LogP contribution >= 0.6 is 0 Å². The molecule has 0 radical (unpaired) electrons. The molecule has 0 heteroatoms. The van der Waals surface area contributed by atoms with E-state index >= 15 is 0 Å². The van der Waals surface area contributed by atoms with Gasteiger partial charge in [0.2, 0.25) is 0 Å². The molecule has 0 aromatic heterocycles. The van der Waals surface area contributed by atoms with Crippen LogP contribution in [0.15, 0.2) is 0 Å². The van der Waals surface area contributed by atoms with Gasteiger partial charge < -0.3 is 0 Å². The number of hydrogen-bond acceptors (Lipinski definition) is 0. The lowest BCUT2D eigenvalue weighted by atomic mass is 9.91. The lowest BCUT2D eigenvalue weighted by Crippen LogP contribution is -2.09. The first-order chi connectivity index (χ1) is 6.45. The highest BCUT2D eigenvalue weighted by Crippen LogP contribution is 2.86. The molecule has 0 aromatic carbocycles. The van der Waals surface area contributed by atoms with Crippen LogP contribution in [0, 0.1) is 59.2 Å². The summed E-state index contributed by atoms with van der Waals surface area (Å²) in [4.78, 5) is 0. The number of hydrogen-bond donors (Lipinski definition) is 0. The largest absolute Gasteiger partial charge is 0.0465 e. The van der Waals surface area contributed by atoms with E-state index in [9.17, 15) is 0 Å². The van der Waals surface area contributed by atoms with Gasteiger partial charge in [-0.2, -0.15) is 0 Å². The van der Waals surface area contributed by atoms with Gasteiger partial charge in [-0.25, -0.2) is 0 Å². The van der Waals surface area contributed by atoms with Gasteiger partial charge >= 0.3 is 0 Å². The minimum atomic E-state index is 1.27. The fourth-order valence-electron chi connectivity index (χ4n) is 6.41. The molecule has 0 nitrogen and oxygen atoms in total. The first-order valence-electron chi connectivity index (χ1n) is 6.45. The van der Waals surface area contributed by atoms with Gasteiger partial charge in [0.1, 0.15) is 0 Å². The Morgan fingerprint density at radius 1 is 0.385 bits per heavy atom. The Labute approximate surface area is 79.1 Å². The smallest absolute Gasteiger partial charge is 0.0315 e. The van der Waals surface area contributed by atoms with Crippen molar-refractivity contribution in [2.24, 2.45) is 59.2 Å². The molecule has 0 spiro atoms. The molecule has 7 rings (SSSR count). The maximum Gasteiger partial charge on any atom is -0.0315 e. The fourth-order valence-corrected chi connectivity index (χ4v) is 6.41. The lowest BCUT2D eigenvalue weighted by molar-refractivity contribution is 0.335. The molecule has 0 aliphatic heterocycles. The van der Waals surface area contributed by atoms with Crippen molar-refractivity contribution in [2.45, 2.75) is 19.3 Å². The molecule has 7 fully saturated rings. The summed E-state index contributed by atoms with van der Waals surface area (Å²) in [5, 5.41) is 0. The summed E-state index contributed by atoms with van der Waals surface area (Å²) in [5.74, 6) is 12.8. The summed E-state index contributed by atoms with van der Waals surface area (Å²) in [6.07, 6.45) is 5.03. The van der Waals surface area contributed by atoms with Crippen LogP contribution in [0.4, 0.5) is 0 Å². The van der Waals surface area contributed by atoms with Gasteiger partial charge in [0, 0.05) is 0 Å². The highest BCUT2D eigenvalue weighted by molar-refractivity contribution is 5.29.